The van der Waals surface area contributed by atoms with Gasteiger partial charge in [0, 0.05) is 44.6 Å². The summed E-state index contributed by atoms with van der Waals surface area (Å²) in [5.41, 5.74) is -0.0112. The molecule has 0 saturated heterocycles. The second-order valence-corrected chi connectivity index (χ2v) is 9.34. The fourth-order valence-corrected chi connectivity index (χ4v) is 3.57. The minimum absolute atomic E-state index is 0.0345. The second-order valence-electron chi connectivity index (χ2n) is 8.40. The fraction of sp³-hybridized carbons (Fsp3) is 0.621. The molecule has 1 aromatic carbocycles. The van der Waals surface area contributed by atoms with E-state index in [0.29, 0.717) is 83.4 Å². The molecular formula is C29H44N4O7S. The summed E-state index contributed by atoms with van der Waals surface area (Å²) in [6.07, 6.45) is 1.81. The van der Waals surface area contributed by atoms with E-state index in [9.17, 15) is 9.59 Å². The summed E-state index contributed by atoms with van der Waals surface area (Å²) in [5.74, 6) is 6.10. The molecule has 0 heterocycles. The summed E-state index contributed by atoms with van der Waals surface area (Å²) >= 11 is 0.958. The Morgan fingerprint density at radius 3 is 2.54 bits per heavy atom. The van der Waals surface area contributed by atoms with Crippen LogP contribution >= 0.6 is 11.8 Å². The van der Waals surface area contributed by atoms with E-state index < -0.39 is 5.44 Å². The zero-order chi connectivity index (χ0) is 29.8. The van der Waals surface area contributed by atoms with Crippen molar-refractivity contribution < 1.29 is 33.3 Å². The highest BCUT2D eigenvalue weighted by atomic mass is 32.2. The highest BCUT2D eigenvalue weighted by molar-refractivity contribution is 8.04. The van der Waals surface area contributed by atoms with Crippen molar-refractivity contribution in [3.8, 4) is 23.0 Å². The minimum atomic E-state index is -0.509. The number of hydrogen-bond acceptors (Lipinski definition) is 10. The summed E-state index contributed by atoms with van der Waals surface area (Å²) in [7, 11) is 0. The molecule has 228 valence electrons. The van der Waals surface area contributed by atoms with E-state index in [1.165, 1.54) is 0 Å². The van der Waals surface area contributed by atoms with E-state index >= 15 is 0 Å². The first-order chi connectivity index (χ1) is 20.1. The van der Waals surface area contributed by atoms with Crippen LogP contribution in [0.2, 0.25) is 0 Å². The monoisotopic (exact) mass is 592 g/mol. The molecule has 1 rings (SSSR count). The standard InChI is InChI=1S/C29H44N4O7S/c1-3-5-6-15-36-17-14-32-27(34)11-8-16-37-18-19-38-20-21-39-28(41-24-30)23-40-26-10-7-9-25(22-26)29(35)33-13-12-31-4-2/h7,9-10,22,28,31H,3-4,8,11-21,23H2,1-2H3,(H,32,34)(H,33,35). The number of amides is 2. The number of nitrogens with zero attached hydrogens (tertiary/aromatic N) is 1. The third-order valence-electron chi connectivity index (χ3n) is 5.14. The molecule has 0 radical (unpaired) electrons. The Morgan fingerprint density at radius 1 is 0.951 bits per heavy atom. The molecule has 41 heavy (non-hydrogen) atoms. The lowest BCUT2D eigenvalue weighted by Crippen LogP contribution is -2.31. The first-order valence-corrected chi connectivity index (χ1v) is 14.8. The fourth-order valence-electron chi connectivity index (χ4n) is 3.16. The second kappa shape index (κ2) is 26.1. The maximum Gasteiger partial charge on any atom is 0.251 e. The van der Waals surface area contributed by atoms with Gasteiger partial charge in [-0.2, -0.15) is 5.26 Å². The Kier molecular flexibility index (Phi) is 23.0. The predicted octanol–water partition coefficient (Wildman–Crippen LogP) is 2.32. The highest BCUT2D eigenvalue weighted by Crippen LogP contribution is 2.17. The van der Waals surface area contributed by atoms with Crippen molar-refractivity contribution in [1.29, 1.82) is 5.26 Å². The molecule has 11 nitrogen and oxygen atoms in total. The van der Waals surface area contributed by atoms with Gasteiger partial charge in [-0.15, -0.1) is 5.92 Å². The van der Waals surface area contributed by atoms with Crippen LogP contribution in [0.3, 0.4) is 0 Å². The molecule has 2 amide bonds. The van der Waals surface area contributed by atoms with Gasteiger partial charge in [0.1, 0.15) is 24.4 Å². The van der Waals surface area contributed by atoms with Crippen molar-refractivity contribution in [1.82, 2.24) is 16.0 Å². The van der Waals surface area contributed by atoms with Gasteiger partial charge in [0.15, 0.2) is 5.44 Å². The summed E-state index contributed by atoms with van der Waals surface area (Å²) in [6.45, 7) is 9.39. The number of thioether (sulfide) groups is 1. The zero-order valence-electron chi connectivity index (χ0n) is 24.2. The molecule has 0 aliphatic heterocycles. The number of thiocyanates is 1. The third kappa shape index (κ3) is 20.7. The molecule has 1 aromatic rings. The van der Waals surface area contributed by atoms with Crippen LogP contribution in [-0.2, 0) is 23.7 Å². The van der Waals surface area contributed by atoms with Crippen LogP contribution < -0.4 is 20.7 Å². The van der Waals surface area contributed by atoms with Gasteiger partial charge in [-0.25, -0.2) is 0 Å². The number of hydrogen-bond donors (Lipinski definition) is 3. The van der Waals surface area contributed by atoms with Crippen LogP contribution in [0.25, 0.3) is 0 Å². The molecule has 0 saturated carbocycles. The van der Waals surface area contributed by atoms with E-state index in [1.807, 2.05) is 19.2 Å². The average Bonchev–Trinajstić information content (AvgIpc) is 2.98. The summed E-state index contributed by atoms with van der Waals surface area (Å²) in [5, 5.41) is 19.9. The smallest absolute Gasteiger partial charge is 0.251 e. The number of carbonyl (C=O) groups excluding carboxylic acids is 2. The van der Waals surface area contributed by atoms with E-state index in [1.54, 1.807) is 24.3 Å². The van der Waals surface area contributed by atoms with Gasteiger partial charge >= 0.3 is 0 Å². The molecule has 0 bridgehead atoms. The van der Waals surface area contributed by atoms with Gasteiger partial charge in [0.25, 0.3) is 5.91 Å². The van der Waals surface area contributed by atoms with Crippen LogP contribution in [0.1, 0.15) is 43.5 Å². The summed E-state index contributed by atoms with van der Waals surface area (Å²) < 4.78 is 27.8. The van der Waals surface area contributed by atoms with Gasteiger partial charge < -0.3 is 39.6 Å². The van der Waals surface area contributed by atoms with Crippen molar-refractivity contribution in [3.63, 3.8) is 0 Å². The average molecular weight is 593 g/mol. The molecule has 0 fully saturated rings. The van der Waals surface area contributed by atoms with Gasteiger partial charge in [0.2, 0.25) is 5.91 Å². The van der Waals surface area contributed by atoms with Crippen LogP contribution in [0, 0.1) is 22.5 Å². The number of nitriles is 1. The van der Waals surface area contributed by atoms with Crippen LogP contribution in [-0.4, -0.2) is 96.3 Å². The Bertz CT molecular complexity index is 949. The Hall–Kier alpha value is -2.84. The maximum absolute atomic E-state index is 12.3. The van der Waals surface area contributed by atoms with E-state index in [4.69, 9.17) is 28.9 Å². The first kappa shape index (κ1) is 36.2. The number of likely N-dealkylation sites (N-methyl/N-ethyl adjacent to an activating group) is 1. The van der Waals surface area contributed by atoms with Crippen molar-refractivity contribution in [3.05, 3.63) is 29.8 Å². The summed E-state index contributed by atoms with van der Waals surface area (Å²) in [6, 6.07) is 6.87. The first-order valence-electron chi connectivity index (χ1n) is 13.9. The number of benzene rings is 1. The highest BCUT2D eigenvalue weighted by Gasteiger charge is 2.12. The molecule has 0 aliphatic carbocycles. The van der Waals surface area contributed by atoms with Crippen molar-refractivity contribution in [2.45, 2.75) is 38.5 Å². The minimum Gasteiger partial charge on any atom is -0.490 e. The van der Waals surface area contributed by atoms with Gasteiger partial charge in [0.05, 0.1) is 33.0 Å². The molecule has 0 aliphatic rings. The van der Waals surface area contributed by atoms with Crippen molar-refractivity contribution >= 4 is 23.6 Å². The van der Waals surface area contributed by atoms with Gasteiger partial charge in [-0.1, -0.05) is 25.8 Å². The van der Waals surface area contributed by atoms with Crippen molar-refractivity contribution in [2.75, 3.05) is 79.0 Å². The molecule has 3 N–H and O–H groups in total. The normalized spacial score (nSPS) is 11.1. The van der Waals surface area contributed by atoms with E-state index in [0.717, 1.165) is 24.7 Å². The molecule has 0 aromatic heterocycles. The van der Waals surface area contributed by atoms with Gasteiger partial charge in [-0.3, -0.25) is 9.59 Å². The molecule has 0 spiro atoms. The number of carbonyl (C=O) groups is 2. The lowest BCUT2D eigenvalue weighted by Gasteiger charge is -2.16. The number of ether oxygens (including phenoxy) is 5. The molecular weight excluding hydrogens is 548 g/mol. The third-order valence-corrected chi connectivity index (χ3v) is 5.78. The number of nitrogens with one attached hydrogen (secondary N) is 3. The maximum atomic E-state index is 12.3. The van der Waals surface area contributed by atoms with Crippen molar-refractivity contribution in [2.24, 2.45) is 0 Å². The Balaban J connectivity index is 2.10. The van der Waals surface area contributed by atoms with Crippen LogP contribution in [0.15, 0.2) is 24.3 Å². The molecule has 1 unspecified atom stereocenters. The Labute approximate surface area is 248 Å². The van der Waals surface area contributed by atoms with E-state index in [-0.39, 0.29) is 25.0 Å². The summed E-state index contributed by atoms with van der Waals surface area (Å²) in [4.78, 5) is 24.1. The zero-order valence-corrected chi connectivity index (χ0v) is 25.0. The molecule has 12 heteroatoms. The number of rotatable bonds is 24. The molecule has 1 atom stereocenters. The topological polar surface area (TPSA) is 140 Å². The lowest BCUT2D eigenvalue weighted by molar-refractivity contribution is -0.121. The van der Waals surface area contributed by atoms with Gasteiger partial charge in [-0.05, 0) is 42.9 Å². The largest absolute Gasteiger partial charge is 0.490 e. The Morgan fingerprint density at radius 2 is 1.76 bits per heavy atom. The van der Waals surface area contributed by atoms with Crippen LogP contribution in [0.5, 0.6) is 5.75 Å². The van der Waals surface area contributed by atoms with E-state index in [2.05, 4.69) is 27.8 Å². The lowest BCUT2D eigenvalue weighted by atomic mass is 10.2. The quantitative estimate of drug-likeness (QED) is 0.0709. The van der Waals surface area contributed by atoms with Crippen LogP contribution in [0.4, 0.5) is 0 Å². The SMILES string of the molecule is CCC#CCOCCNC(=O)CCCOCCOCCOC(COc1cccc(C(=O)NCCNCC)c1)SC#N. The predicted molar refractivity (Wildman–Crippen MR) is 159 cm³/mol.